The lowest BCUT2D eigenvalue weighted by Crippen LogP contribution is -2.45. The fraction of sp³-hybridized carbons (Fsp3) is 0.471. The number of carbonyl (C=O) groups excluding carboxylic acids is 2. The highest BCUT2D eigenvalue weighted by atomic mass is 16.5. The van der Waals surface area contributed by atoms with Gasteiger partial charge in [0.25, 0.3) is 5.91 Å². The van der Waals surface area contributed by atoms with E-state index in [1.165, 1.54) is 0 Å². The molecule has 23 heavy (non-hydrogen) atoms. The van der Waals surface area contributed by atoms with E-state index in [4.69, 9.17) is 15.7 Å². The first-order chi connectivity index (χ1) is 11.0. The first kappa shape index (κ1) is 16.8. The van der Waals surface area contributed by atoms with Gasteiger partial charge in [0.1, 0.15) is 11.8 Å². The smallest absolute Gasteiger partial charge is 0.263 e. The molecule has 2 N–H and O–H groups in total. The Kier molecular flexibility index (Phi) is 5.58. The zero-order valence-electron chi connectivity index (χ0n) is 13.2. The van der Waals surface area contributed by atoms with Gasteiger partial charge in [0.2, 0.25) is 5.91 Å². The number of hydrogen-bond acceptors (Lipinski definition) is 4. The summed E-state index contributed by atoms with van der Waals surface area (Å²) in [5, 5.41) is 9.06. The number of nitrogens with zero attached hydrogens (tertiary/aromatic N) is 2. The number of para-hydroxylation sites is 1. The molecule has 1 aromatic carbocycles. The number of rotatable bonds is 5. The fourth-order valence-corrected chi connectivity index (χ4v) is 2.80. The van der Waals surface area contributed by atoms with Gasteiger partial charge in [-0.05, 0) is 37.8 Å². The van der Waals surface area contributed by atoms with E-state index < -0.39 is 6.10 Å². The number of piperidine rings is 1. The Morgan fingerprint density at radius 3 is 2.65 bits per heavy atom. The van der Waals surface area contributed by atoms with Crippen molar-refractivity contribution in [2.24, 2.45) is 11.7 Å². The topological polar surface area (TPSA) is 96.4 Å². The Morgan fingerprint density at radius 1 is 1.39 bits per heavy atom. The van der Waals surface area contributed by atoms with Crippen LogP contribution in [0.25, 0.3) is 0 Å². The summed E-state index contributed by atoms with van der Waals surface area (Å²) in [6, 6.07) is 8.90. The molecule has 1 aliphatic heterocycles. The van der Waals surface area contributed by atoms with Crippen molar-refractivity contribution in [2.45, 2.75) is 32.3 Å². The standard InChI is InChI=1S/C17H21N3O3/c1-12(23-15-5-3-2-4-14(15)11-18)17(22)20-8-6-13(7-9-20)10-16(19)21/h2-5,12-13H,6-10H2,1H3,(H2,19,21). The van der Waals surface area contributed by atoms with Crippen molar-refractivity contribution < 1.29 is 14.3 Å². The molecule has 2 amide bonds. The second kappa shape index (κ2) is 7.63. The molecule has 0 radical (unpaired) electrons. The number of benzene rings is 1. The van der Waals surface area contributed by atoms with Crippen LogP contribution in [0.15, 0.2) is 24.3 Å². The number of nitrogens with two attached hydrogens (primary N) is 1. The van der Waals surface area contributed by atoms with Gasteiger partial charge in [-0.1, -0.05) is 12.1 Å². The summed E-state index contributed by atoms with van der Waals surface area (Å²) < 4.78 is 5.65. The summed E-state index contributed by atoms with van der Waals surface area (Å²) in [7, 11) is 0. The summed E-state index contributed by atoms with van der Waals surface area (Å²) in [5.41, 5.74) is 5.62. The molecule has 1 unspecified atom stereocenters. The van der Waals surface area contributed by atoms with Crippen LogP contribution in [-0.4, -0.2) is 35.9 Å². The van der Waals surface area contributed by atoms with Gasteiger partial charge in [-0.25, -0.2) is 0 Å². The molecule has 0 aromatic heterocycles. The molecule has 1 saturated heterocycles. The van der Waals surface area contributed by atoms with E-state index >= 15 is 0 Å². The maximum absolute atomic E-state index is 12.5. The first-order valence-electron chi connectivity index (χ1n) is 7.74. The number of primary amides is 1. The third-order valence-electron chi connectivity index (χ3n) is 4.08. The van der Waals surface area contributed by atoms with Crippen molar-refractivity contribution in [3.05, 3.63) is 29.8 Å². The SMILES string of the molecule is CC(Oc1ccccc1C#N)C(=O)N1CCC(CC(N)=O)CC1. The Balaban J connectivity index is 1.91. The maximum Gasteiger partial charge on any atom is 0.263 e. The van der Waals surface area contributed by atoms with Gasteiger partial charge in [-0.15, -0.1) is 0 Å². The lowest BCUT2D eigenvalue weighted by Gasteiger charge is -2.33. The molecule has 1 heterocycles. The summed E-state index contributed by atoms with van der Waals surface area (Å²) >= 11 is 0. The second-order valence-electron chi connectivity index (χ2n) is 5.81. The zero-order valence-corrected chi connectivity index (χ0v) is 13.2. The van der Waals surface area contributed by atoms with Gasteiger partial charge in [-0.3, -0.25) is 9.59 Å². The number of carbonyl (C=O) groups is 2. The molecule has 1 fully saturated rings. The molecule has 0 bridgehead atoms. The van der Waals surface area contributed by atoms with Crippen LogP contribution in [0, 0.1) is 17.2 Å². The number of amides is 2. The summed E-state index contributed by atoms with van der Waals surface area (Å²) in [5.74, 6) is 0.279. The van der Waals surface area contributed by atoms with Crippen molar-refractivity contribution in [3.63, 3.8) is 0 Å². The molecule has 1 aliphatic rings. The van der Waals surface area contributed by atoms with E-state index in [0.717, 1.165) is 12.8 Å². The van der Waals surface area contributed by atoms with Crippen LogP contribution in [0.3, 0.4) is 0 Å². The minimum absolute atomic E-state index is 0.102. The average molecular weight is 315 g/mol. The molecule has 122 valence electrons. The molecule has 1 atom stereocenters. The minimum Gasteiger partial charge on any atom is -0.480 e. The molecule has 1 aromatic rings. The summed E-state index contributed by atoms with van der Waals surface area (Å²) in [4.78, 5) is 25.2. The van der Waals surface area contributed by atoms with Gasteiger partial charge >= 0.3 is 0 Å². The van der Waals surface area contributed by atoms with E-state index in [0.29, 0.717) is 30.8 Å². The largest absolute Gasteiger partial charge is 0.480 e. The van der Waals surface area contributed by atoms with Crippen LogP contribution in [0.1, 0.15) is 31.7 Å². The zero-order chi connectivity index (χ0) is 16.8. The van der Waals surface area contributed by atoms with E-state index in [-0.39, 0.29) is 17.7 Å². The van der Waals surface area contributed by atoms with Crippen LogP contribution in [0.5, 0.6) is 5.75 Å². The summed E-state index contributed by atoms with van der Waals surface area (Å²) in [6.07, 6.45) is 1.27. The molecule has 0 aliphatic carbocycles. The van der Waals surface area contributed by atoms with Crippen molar-refractivity contribution in [1.29, 1.82) is 5.26 Å². The monoisotopic (exact) mass is 315 g/mol. The fourth-order valence-electron chi connectivity index (χ4n) is 2.80. The number of hydrogen-bond donors (Lipinski definition) is 1. The molecule has 6 heteroatoms. The third kappa shape index (κ3) is 4.46. The van der Waals surface area contributed by atoms with E-state index in [1.807, 2.05) is 6.07 Å². The van der Waals surface area contributed by atoms with Gasteiger partial charge in [-0.2, -0.15) is 5.26 Å². The van der Waals surface area contributed by atoms with Crippen molar-refractivity contribution in [2.75, 3.05) is 13.1 Å². The highest BCUT2D eigenvalue weighted by Crippen LogP contribution is 2.22. The molecular formula is C17H21N3O3. The van der Waals surface area contributed by atoms with Crippen molar-refractivity contribution in [3.8, 4) is 11.8 Å². The van der Waals surface area contributed by atoms with Crippen LogP contribution in [0.4, 0.5) is 0 Å². The first-order valence-corrected chi connectivity index (χ1v) is 7.74. The Morgan fingerprint density at radius 2 is 2.04 bits per heavy atom. The Labute approximate surface area is 135 Å². The lowest BCUT2D eigenvalue weighted by molar-refractivity contribution is -0.139. The minimum atomic E-state index is -0.655. The predicted molar refractivity (Wildman–Crippen MR) is 84.4 cm³/mol. The van der Waals surface area contributed by atoms with Gasteiger partial charge in [0, 0.05) is 19.5 Å². The van der Waals surface area contributed by atoms with Gasteiger partial charge in [0.05, 0.1) is 5.56 Å². The number of nitriles is 1. The highest BCUT2D eigenvalue weighted by molar-refractivity contribution is 5.81. The van der Waals surface area contributed by atoms with Crippen LogP contribution in [-0.2, 0) is 9.59 Å². The van der Waals surface area contributed by atoms with E-state index in [2.05, 4.69) is 0 Å². The van der Waals surface area contributed by atoms with Gasteiger partial charge in [0.15, 0.2) is 6.10 Å². The van der Waals surface area contributed by atoms with E-state index in [9.17, 15) is 9.59 Å². The Hall–Kier alpha value is -2.55. The molecule has 0 saturated carbocycles. The van der Waals surface area contributed by atoms with Crippen LogP contribution >= 0.6 is 0 Å². The highest BCUT2D eigenvalue weighted by Gasteiger charge is 2.27. The maximum atomic E-state index is 12.5. The second-order valence-corrected chi connectivity index (χ2v) is 5.81. The molecule has 6 nitrogen and oxygen atoms in total. The quantitative estimate of drug-likeness (QED) is 0.889. The molecular weight excluding hydrogens is 294 g/mol. The van der Waals surface area contributed by atoms with Crippen molar-refractivity contribution >= 4 is 11.8 Å². The van der Waals surface area contributed by atoms with Gasteiger partial charge < -0.3 is 15.4 Å². The lowest BCUT2D eigenvalue weighted by atomic mass is 9.93. The van der Waals surface area contributed by atoms with Crippen LogP contribution < -0.4 is 10.5 Å². The predicted octanol–water partition coefficient (Wildman–Crippen LogP) is 1.44. The third-order valence-corrected chi connectivity index (χ3v) is 4.08. The van der Waals surface area contributed by atoms with Crippen molar-refractivity contribution in [1.82, 2.24) is 4.90 Å². The number of ether oxygens (including phenoxy) is 1. The Bertz CT molecular complexity index is 616. The summed E-state index contributed by atoms with van der Waals surface area (Å²) in [6.45, 7) is 2.89. The normalized spacial score (nSPS) is 16.4. The average Bonchev–Trinajstić information content (AvgIpc) is 2.55. The number of likely N-dealkylation sites (tertiary alicyclic amines) is 1. The molecule has 0 spiro atoms. The molecule has 2 rings (SSSR count). The van der Waals surface area contributed by atoms with Crippen LogP contribution in [0.2, 0.25) is 0 Å². The van der Waals surface area contributed by atoms with E-state index in [1.54, 1.807) is 36.1 Å².